The van der Waals surface area contributed by atoms with Gasteiger partial charge in [-0.15, -0.1) is 0 Å². The van der Waals surface area contributed by atoms with Gasteiger partial charge in [-0.2, -0.15) is 4.98 Å². The van der Waals surface area contributed by atoms with E-state index >= 15 is 0 Å². The minimum Gasteiger partial charge on any atom is -0.377 e. The lowest BCUT2D eigenvalue weighted by Gasteiger charge is -2.26. The molecule has 25 heavy (non-hydrogen) atoms. The van der Waals surface area contributed by atoms with Gasteiger partial charge in [0.15, 0.2) is 5.82 Å². The fourth-order valence-electron chi connectivity index (χ4n) is 2.95. The van der Waals surface area contributed by atoms with Crippen LogP contribution in [0, 0.1) is 6.92 Å². The smallest absolute Gasteiger partial charge is 0.317 e. The van der Waals surface area contributed by atoms with Gasteiger partial charge in [-0.25, -0.2) is 4.79 Å². The zero-order chi connectivity index (χ0) is 17.6. The second-order valence-corrected chi connectivity index (χ2v) is 6.33. The number of nitrogens with one attached hydrogen (secondary N) is 1. The van der Waals surface area contributed by atoms with Crippen LogP contribution in [0.4, 0.5) is 4.79 Å². The molecule has 2 amide bonds. The predicted molar refractivity (Wildman–Crippen MR) is 92.1 cm³/mol. The normalized spacial score (nSPS) is 19.3. The van der Waals surface area contributed by atoms with E-state index in [9.17, 15) is 4.79 Å². The largest absolute Gasteiger partial charge is 0.377 e. The maximum atomic E-state index is 12.8. The first-order chi connectivity index (χ1) is 12.1. The third-order valence-corrected chi connectivity index (χ3v) is 4.19. The first-order valence-electron chi connectivity index (χ1n) is 8.63. The predicted octanol–water partition coefficient (Wildman–Crippen LogP) is 2.48. The van der Waals surface area contributed by atoms with Crippen molar-refractivity contribution in [3.63, 3.8) is 0 Å². The molecule has 0 saturated carbocycles. The van der Waals surface area contributed by atoms with E-state index in [0.29, 0.717) is 37.8 Å². The van der Waals surface area contributed by atoms with Crippen LogP contribution < -0.4 is 5.32 Å². The fraction of sp³-hybridized carbons (Fsp3) is 0.500. The molecular weight excluding hydrogens is 320 g/mol. The van der Waals surface area contributed by atoms with Crippen LogP contribution >= 0.6 is 0 Å². The summed E-state index contributed by atoms with van der Waals surface area (Å²) in [7, 11) is 0. The van der Waals surface area contributed by atoms with Crippen molar-refractivity contribution < 1.29 is 14.1 Å². The van der Waals surface area contributed by atoms with Crippen molar-refractivity contribution in [3.8, 4) is 0 Å². The molecule has 1 aliphatic heterocycles. The summed E-state index contributed by atoms with van der Waals surface area (Å²) in [6, 6.07) is 9.51. The Kier molecular flexibility index (Phi) is 5.65. The van der Waals surface area contributed by atoms with Crippen LogP contribution in [0.3, 0.4) is 0 Å². The number of aryl methyl sites for hydroxylation is 1. The number of carbonyl (C=O) groups is 1. The number of benzene rings is 1. The Morgan fingerprint density at radius 1 is 1.40 bits per heavy atom. The summed E-state index contributed by atoms with van der Waals surface area (Å²) in [6.45, 7) is 5.74. The van der Waals surface area contributed by atoms with E-state index in [-0.39, 0.29) is 18.2 Å². The molecule has 2 heterocycles. The first-order valence-corrected chi connectivity index (χ1v) is 8.63. The average Bonchev–Trinajstić information content (AvgIpc) is 2.89. The summed E-state index contributed by atoms with van der Waals surface area (Å²) in [5.41, 5.74) is 1.01. The summed E-state index contributed by atoms with van der Waals surface area (Å²) >= 11 is 0. The number of aromatic nitrogens is 2. The molecule has 134 valence electrons. The minimum atomic E-state index is -0.229. The topological polar surface area (TPSA) is 80.5 Å². The van der Waals surface area contributed by atoms with Gasteiger partial charge in [-0.05, 0) is 25.8 Å². The van der Waals surface area contributed by atoms with Crippen molar-refractivity contribution in [2.75, 3.05) is 19.7 Å². The lowest BCUT2D eigenvalue weighted by atomic mass is 10.0. The van der Waals surface area contributed by atoms with Crippen LogP contribution in [0.25, 0.3) is 0 Å². The monoisotopic (exact) mass is 344 g/mol. The van der Waals surface area contributed by atoms with Crippen LogP contribution in [-0.2, 0) is 11.2 Å². The molecule has 2 unspecified atom stereocenters. The van der Waals surface area contributed by atoms with E-state index in [0.717, 1.165) is 12.0 Å². The molecule has 2 aromatic rings. The highest BCUT2D eigenvalue weighted by Crippen LogP contribution is 2.18. The Morgan fingerprint density at radius 2 is 2.20 bits per heavy atom. The van der Waals surface area contributed by atoms with Gasteiger partial charge in [0.2, 0.25) is 5.89 Å². The van der Waals surface area contributed by atoms with Crippen LogP contribution in [0.1, 0.15) is 36.7 Å². The molecule has 0 radical (unpaired) electrons. The molecule has 2 atom stereocenters. The SMILES string of the molecule is Cc1noc(CC(NC(=O)N2CCCOC(C)C2)c2ccccc2)n1. The number of nitrogens with zero attached hydrogens (tertiary/aromatic N) is 3. The third-order valence-electron chi connectivity index (χ3n) is 4.19. The Bertz CT molecular complexity index is 689. The van der Waals surface area contributed by atoms with Crippen LogP contribution in [0.2, 0.25) is 0 Å². The van der Waals surface area contributed by atoms with E-state index in [1.54, 1.807) is 6.92 Å². The van der Waals surface area contributed by atoms with Gasteiger partial charge in [0.1, 0.15) is 0 Å². The Hall–Kier alpha value is -2.41. The van der Waals surface area contributed by atoms with Gasteiger partial charge < -0.3 is 19.5 Å². The lowest BCUT2D eigenvalue weighted by Crippen LogP contribution is -2.44. The molecule has 0 aliphatic carbocycles. The molecular formula is C18H24N4O3. The van der Waals surface area contributed by atoms with Gasteiger partial charge in [-0.3, -0.25) is 0 Å². The first kappa shape index (κ1) is 17.4. The standard InChI is InChI=1S/C18H24N4O3/c1-13-12-22(9-6-10-24-13)18(23)20-16(15-7-4-3-5-8-15)11-17-19-14(2)21-25-17/h3-5,7-8,13,16H,6,9-12H2,1-2H3,(H,20,23). The summed E-state index contributed by atoms with van der Waals surface area (Å²) < 4.78 is 10.9. The number of urea groups is 1. The number of carbonyl (C=O) groups excluding carboxylic acids is 1. The third kappa shape index (κ3) is 4.79. The zero-order valence-electron chi connectivity index (χ0n) is 14.6. The van der Waals surface area contributed by atoms with Crippen molar-refractivity contribution in [1.82, 2.24) is 20.4 Å². The van der Waals surface area contributed by atoms with Crippen LogP contribution in [0.15, 0.2) is 34.9 Å². The quantitative estimate of drug-likeness (QED) is 0.921. The van der Waals surface area contributed by atoms with E-state index in [1.165, 1.54) is 0 Å². The van der Waals surface area contributed by atoms with Crippen molar-refractivity contribution in [3.05, 3.63) is 47.6 Å². The van der Waals surface area contributed by atoms with Crippen molar-refractivity contribution in [2.45, 2.75) is 38.8 Å². The molecule has 0 bridgehead atoms. The maximum absolute atomic E-state index is 12.8. The highest BCUT2D eigenvalue weighted by molar-refractivity contribution is 5.74. The molecule has 1 saturated heterocycles. The summed E-state index contributed by atoms with van der Waals surface area (Å²) in [6.07, 6.45) is 1.34. The van der Waals surface area contributed by atoms with Gasteiger partial charge in [-0.1, -0.05) is 35.5 Å². The number of amides is 2. The van der Waals surface area contributed by atoms with Crippen molar-refractivity contribution in [1.29, 1.82) is 0 Å². The molecule has 3 rings (SSSR count). The molecule has 1 aromatic carbocycles. The highest BCUT2D eigenvalue weighted by atomic mass is 16.5. The van der Waals surface area contributed by atoms with E-state index in [4.69, 9.17) is 9.26 Å². The second kappa shape index (κ2) is 8.11. The second-order valence-electron chi connectivity index (χ2n) is 6.33. The molecule has 1 fully saturated rings. The highest BCUT2D eigenvalue weighted by Gasteiger charge is 2.24. The molecule has 1 N–H and O–H groups in total. The van der Waals surface area contributed by atoms with Crippen molar-refractivity contribution >= 4 is 6.03 Å². The fourth-order valence-corrected chi connectivity index (χ4v) is 2.95. The maximum Gasteiger partial charge on any atom is 0.317 e. The summed E-state index contributed by atoms with van der Waals surface area (Å²) in [4.78, 5) is 18.8. The lowest BCUT2D eigenvalue weighted by molar-refractivity contribution is 0.0708. The van der Waals surface area contributed by atoms with Gasteiger partial charge >= 0.3 is 6.03 Å². The number of ether oxygens (including phenoxy) is 1. The van der Waals surface area contributed by atoms with Crippen LogP contribution in [-0.4, -0.2) is 46.9 Å². The Balaban J connectivity index is 1.73. The zero-order valence-corrected chi connectivity index (χ0v) is 14.6. The molecule has 1 aromatic heterocycles. The Labute approximate surface area is 147 Å². The number of rotatable bonds is 4. The van der Waals surface area contributed by atoms with Crippen molar-refractivity contribution in [2.24, 2.45) is 0 Å². The molecule has 7 nitrogen and oxygen atoms in total. The average molecular weight is 344 g/mol. The molecule has 0 spiro atoms. The van der Waals surface area contributed by atoms with Crippen LogP contribution in [0.5, 0.6) is 0 Å². The minimum absolute atomic E-state index is 0.0435. The molecule has 1 aliphatic rings. The summed E-state index contributed by atoms with van der Waals surface area (Å²) in [5, 5.41) is 6.94. The molecule has 7 heteroatoms. The number of hydrogen-bond acceptors (Lipinski definition) is 5. The summed E-state index contributed by atoms with van der Waals surface area (Å²) in [5.74, 6) is 1.10. The van der Waals surface area contributed by atoms with E-state index in [2.05, 4.69) is 15.5 Å². The number of hydrogen-bond donors (Lipinski definition) is 1. The van der Waals surface area contributed by atoms with Gasteiger partial charge in [0.05, 0.1) is 18.6 Å². The van der Waals surface area contributed by atoms with Gasteiger partial charge in [0, 0.05) is 19.7 Å². The van der Waals surface area contributed by atoms with Gasteiger partial charge in [0.25, 0.3) is 0 Å². The van der Waals surface area contributed by atoms with E-state index < -0.39 is 0 Å². The van der Waals surface area contributed by atoms with E-state index in [1.807, 2.05) is 42.2 Å². The Morgan fingerprint density at radius 3 is 2.92 bits per heavy atom.